The maximum Gasteiger partial charge on any atom is 0.223 e. The van der Waals surface area contributed by atoms with E-state index in [1.165, 1.54) is 13.0 Å². The highest BCUT2D eigenvalue weighted by Crippen LogP contribution is 2.29. The summed E-state index contributed by atoms with van der Waals surface area (Å²) < 4.78 is 14.5. The molecule has 0 aromatic heterocycles. The maximum atomic E-state index is 14.5. The number of Topliss-reactive ketones (excluding diaryl/α,β-unsaturated/α-hetero) is 1. The number of benzene rings is 3. The van der Waals surface area contributed by atoms with Gasteiger partial charge in [0.25, 0.3) is 0 Å². The number of amides is 1. The molecule has 1 saturated heterocycles. The predicted molar refractivity (Wildman–Crippen MR) is 125 cm³/mol. The second-order valence-electron chi connectivity index (χ2n) is 8.17. The molecule has 1 aliphatic rings. The quantitative estimate of drug-likeness (QED) is 0.523. The minimum atomic E-state index is -0.398. The van der Waals surface area contributed by atoms with Crippen LogP contribution in [0.1, 0.15) is 40.7 Å². The van der Waals surface area contributed by atoms with Crippen molar-refractivity contribution in [2.45, 2.75) is 19.3 Å². The van der Waals surface area contributed by atoms with E-state index in [2.05, 4.69) is 24.3 Å². The lowest BCUT2D eigenvalue weighted by molar-refractivity contribution is -0.131. The Morgan fingerprint density at radius 2 is 1.41 bits per heavy atom. The number of rotatable bonds is 6. The topological polar surface area (TPSA) is 40.6 Å². The van der Waals surface area contributed by atoms with Crippen LogP contribution >= 0.6 is 0 Å². The van der Waals surface area contributed by atoms with Crippen LogP contribution in [-0.2, 0) is 4.79 Å². The van der Waals surface area contributed by atoms with E-state index in [9.17, 15) is 14.0 Å². The number of carbonyl (C=O) groups is 2. The van der Waals surface area contributed by atoms with Gasteiger partial charge in [0.15, 0.2) is 5.78 Å². The van der Waals surface area contributed by atoms with E-state index in [4.69, 9.17) is 0 Å². The average molecular weight is 431 g/mol. The molecule has 32 heavy (non-hydrogen) atoms. The lowest BCUT2D eigenvalue weighted by atomic mass is 9.88. The third-order valence-corrected chi connectivity index (χ3v) is 6.11. The molecule has 1 amide bonds. The molecule has 0 saturated carbocycles. The van der Waals surface area contributed by atoms with Gasteiger partial charge in [-0.2, -0.15) is 0 Å². The molecule has 1 heterocycles. The van der Waals surface area contributed by atoms with Crippen LogP contribution in [0.25, 0.3) is 0 Å². The molecule has 0 bridgehead atoms. The largest absolute Gasteiger partial charge is 0.366 e. The molecular formula is C27H27FN2O2. The number of piperazine rings is 1. The summed E-state index contributed by atoms with van der Waals surface area (Å²) in [6.07, 6.45) is 0.399. The summed E-state index contributed by atoms with van der Waals surface area (Å²) >= 11 is 0. The van der Waals surface area contributed by atoms with E-state index < -0.39 is 5.82 Å². The molecule has 3 aromatic carbocycles. The van der Waals surface area contributed by atoms with Crippen LogP contribution in [-0.4, -0.2) is 42.8 Å². The van der Waals surface area contributed by atoms with Crippen LogP contribution in [0.15, 0.2) is 78.9 Å². The van der Waals surface area contributed by atoms with Crippen molar-refractivity contribution in [3.63, 3.8) is 0 Å². The molecule has 4 rings (SSSR count). The summed E-state index contributed by atoms with van der Waals surface area (Å²) in [5, 5.41) is 0. The van der Waals surface area contributed by atoms with E-state index >= 15 is 0 Å². The monoisotopic (exact) mass is 430 g/mol. The Kier molecular flexibility index (Phi) is 6.64. The first kappa shape index (κ1) is 21.8. The van der Waals surface area contributed by atoms with Gasteiger partial charge in [0.05, 0.1) is 5.69 Å². The number of nitrogens with zero attached hydrogens (tertiary/aromatic N) is 2. The summed E-state index contributed by atoms with van der Waals surface area (Å²) in [4.78, 5) is 28.5. The SMILES string of the molecule is CC(=O)c1ccc(N2CCN(C(=O)CC(c3ccccc3)c3ccccc3)CC2)c(F)c1. The van der Waals surface area contributed by atoms with Gasteiger partial charge in [0, 0.05) is 44.1 Å². The van der Waals surface area contributed by atoms with Crippen LogP contribution in [0, 0.1) is 5.82 Å². The number of halogens is 1. The van der Waals surface area contributed by atoms with E-state index in [1.807, 2.05) is 46.2 Å². The van der Waals surface area contributed by atoms with Crippen molar-refractivity contribution in [3.8, 4) is 0 Å². The molecule has 4 nitrogen and oxygen atoms in total. The Hall–Kier alpha value is -3.47. The fourth-order valence-electron chi connectivity index (χ4n) is 4.28. The minimum absolute atomic E-state index is 0.000464. The molecule has 0 radical (unpaired) electrons. The van der Waals surface area contributed by atoms with Crippen LogP contribution in [0.5, 0.6) is 0 Å². The van der Waals surface area contributed by atoms with Gasteiger partial charge in [-0.05, 0) is 36.2 Å². The highest BCUT2D eigenvalue weighted by atomic mass is 19.1. The second kappa shape index (κ2) is 9.77. The van der Waals surface area contributed by atoms with Crippen molar-refractivity contribution >= 4 is 17.4 Å². The van der Waals surface area contributed by atoms with Crippen LogP contribution in [0.3, 0.4) is 0 Å². The number of hydrogen-bond acceptors (Lipinski definition) is 3. The average Bonchev–Trinajstić information content (AvgIpc) is 2.83. The van der Waals surface area contributed by atoms with Gasteiger partial charge in [-0.15, -0.1) is 0 Å². The van der Waals surface area contributed by atoms with Crippen molar-refractivity contribution in [1.82, 2.24) is 4.90 Å². The molecule has 1 fully saturated rings. The van der Waals surface area contributed by atoms with Gasteiger partial charge < -0.3 is 9.80 Å². The standard InChI is InChI=1S/C27H27FN2O2/c1-20(31)23-12-13-26(25(28)18-23)29-14-16-30(17-15-29)27(32)19-24(21-8-4-2-5-9-21)22-10-6-3-7-11-22/h2-13,18,24H,14-17,19H2,1H3. The van der Waals surface area contributed by atoms with Crippen LogP contribution < -0.4 is 4.90 Å². The maximum absolute atomic E-state index is 14.5. The summed E-state index contributed by atoms with van der Waals surface area (Å²) in [5.41, 5.74) is 3.10. The van der Waals surface area contributed by atoms with E-state index in [0.29, 0.717) is 43.9 Å². The Balaban J connectivity index is 1.43. The summed E-state index contributed by atoms with van der Waals surface area (Å²) in [5.74, 6) is -0.447. The first-order chi connectivity index (χ1) is 15.5. The smallest absolute Gasteiger partial charge is 0.223 e. The van der Waals surface area contributed by atoms with Crippen LogP contribution in [0.2, 0.25) is 0 Å². The van der Waals surface area contributed by atoms with Crippen molar-refractivity contribution in [2.75, 3.05) is 31.1 Å². The van der Waals surface area contributed by atoms with Gasteiger partial charge in [-0.1, -0.05) is 60.7 Å². The van der Waals surface area contributed by atoms with E-state index in [0.717, 1.165) is 11.1 Å². The molecule has 5 heteroatoms. The Labute approximate surface area is 188 Å². The number of hydrogen-bond donors (Lipinski definition) is 0. The lowest BCUT2D eigenvalue weighted by Gasteiger charge is -2.37. The lowest BCUT2D eigenvalue weighted by Crippen LogP contribution is -2.49. The molecule has 164 valence electrons. The second-order valence-corrected chi connectivity index (χ2v) is 8.17. The predicted octanol–water partition coefficient (Wildman–Crippen LogP) is 4.90. The van der Waals surface area contributed by atoms with E-state index in [-0.39, 0.29) is 17.6 Å². The zero-order chi connectivity index (χ0) is 22.5. The highest BCUT2D eigenvalue weighted by Gasteiger charge is 2.26. The molecule has 0 aliphatic carbocycles. The summed E-state index contributed by atoms with van der Waals surface area (Å²) in [6.45, 7) is 3.63. The van der Waals surface area contributed by atoms with E-state index in [1.54, 1.807) is 12.1 Å². The fourth-order valence-corrected chi connectivity index (χ4v) is 4.28. The Morgan fingerprint density at radius 1 is 0.844 bits per heavy atom. The van der Waals surface area contributed by atoms with Crippen molar-refractivity contribution in [1.29, 1.82) is 0 Å². The summed E-state index contributed by atoms with van der Waals surface area (Å²) in [7, 11) is 0. The third kappa shape index (κ3) is 4.88. The first-order valence-electron chi connectivity index (χ1n) is 11.0. The van der Waals surface area contributed by atoms with Crippen molar-refractivity contribution in [2.24, 2.45) is 0 Å². The zero-order valence-corrected chi connectivity index (χ0v) is 18.2. The Morgan fingerprint density at radius 3 is 1.91 bits per heavy atom. The third-order valence-electron chi connectivity index (χ3n) is 6.11. The summed E-state index contributed by atoms with van der Waals surface area (Å²) in [6, 6.07) is 24.8. The zero-order valence-electron chi connectivity index (χ0n) is 18.2. The molecule has 0 unspecified atom stereocenters. The number of carbonyl (C=O) groups excluding carboxylic acids is 2. The normalized spacial score (nSPS) is 14.0. The molecule has 0 spiro atoms. The molecule has 3 aromatic rings. The van der Waals surface area contributed by atoms with Crippen LogP contribution in [0.4, 0.5) is 10.1 Å². The molecule has 0 atom stereocenters. The van der Waals surface area contributed by atoms with Gasteiger partial charge in [0.2, 0.25) is 5.91 Å². The van der Waals surface area contributed by atoms with Gasteiger partial charge in [-0.3, -0.25) is 9.59 Å². The van der Waals surface area contributed by atoms with Crippen molar-refractivity contribution in [3.05, 3.63) is 101 Å². The first-order valence-corrected chi connectivity index (χ1v) is 11.0. The molecule has 0 N–H and O–H groups in total. The number of anilines is 1. The van der Waals surface area contributed by atoms with Gasteiger partial charge in [0.1, 0.15) is 5.82 Å². The highest BCUT2D eigenvalue weighted by molar-refractivity contribution is 5.94. The molecular weight excluding hydrogens is 403 g/mol. The fraction of sp³-hybridized carbons (Fsp3) is 0.259. The molecule has 1 aliphatic heterocycles. The van der Waals surface area contributed by atoms with Gasteiger partial charge in [-0.25, -0.2) is 4.39 Å². The number of ketones is 1. The minimum Gasteiger partial charge on any atom is -0.366 e. The van der Waals surface area contributed by atoms with Gasteiger partial charge >= 0.3 is 0 Å². The Bertz CT molecular complexity index is 1040. The van der Waals surface area contributed by atoms with Crippen molar-refractivity contribution < 1.29 is 14.0 Å².